The van der Waals surface area contributed by atoms with E-state index in [0.717, 1.165) is 0 Å². The summed E-state index contributed by atoms with van der Waals surface area (Å²) in [5.74, 6) is -2.29. The first kappa shape index (κ1) is 30.5. The van der Waals surface area contributed by atoms with E-state index in [2.05, 4.69) is 0 Å². The molecule has 0 saturated carbocycles. The Labute approximate surface area is 246 Å². The van der Waals surface area contributed by atoms with Crippen molar-refractivity contribution < 1.29 is 31.8 Å². The maximum absolute atomic E-state index is 16.3. The first-order valence-electron chi connectivity index (χ1n) is 13.2. The molecule has 2 atom stereocenters. The predicted molar refractivity (Wildman–Crippen MR) is 167 cm³/mol. The summed E-state index contributed by atoms with van der Waals surface area (Å²) in [6, 6.07) is 34.1. The number of benzene rings is 4. The highest BCUT2D eigenvalue weighted by molar-refractivity contribution is 7.76. The van der Waals surface area contributed by atoms with Gasteiger partial charge >= 0.3 is 15.2 Å². The van der Waals surface area contributed by atoms with Crippen molar-refractivity contribution >= 4 is 39.3 Å². The van der Waals surface area contributed by atoms with Crippen LogP contribution in [0, 0.1) is 0 Å². The number of anilines is 2. The van der Waals surface area contributed by atoms with Gasteiger partial charge in [0.15, 0.2) is 11.6 Å². The van der Waals surface area contributed by atoms with Gasteiger partial charge in [-0.1, -0.05) is 91.0 Å². The monoisotopic (exact) mass is 626 g/mol. The molecule has 0 bridgehead atoms. The van der Waals surface area contributed by atoms with Gasteiger partial charge in [0.05, 0.1) is 16.7 Å². The van der Waals surface area contributed by atoms with Crippen LogP contribution in [0.5, 0.6) is 0 Å². The Morgan fingerprint density at radius 1 is 0.524 bits per heavy atom. The van der Waals surface area contributed by atoms with E-state index in [9.17, 15) is 9.13 Å². The van der Waals surface area contributed by atoms with Crippen molar-refractivity contribution in [2.75, 3.05) is 37.8 Å². The molecule has 0 aromatic heterocycles. The van der Waals surface area contributed by atoms with Crippen LogP contribution in [0.1, 0.15) is 22.7 Å². The van der Waals surface area contributed by atoms with Gasteiger partial charge in [-0.05, 0) is 35.4 Å². The molecule has 0 amide bonds. The van der Waals surface area contributed by atoms with Crippen LogP contribution in [0.25, 0.3) is 0 Å². The zero-order valence-corrected chi connectivity index (χ0v) is 26.4. The average Bonchev–Trinajstić information content (AvgIpc) is 3.31. The molecule has 0 saturated heterocycles. The molecule has 4 aromatic rings. The van der Waals surface area contributed by atoms with Crippen LogP contribution in [0.4, 0.5) is 11.4 Å². The van der Waals surface area contributed by atoms with Crippen LogP contribution < -0.4 is 14.6 Å². The van der Waals surface area contributed by atoms with Crippen molar-refractivity contribution in [2.45, 2.75) is 11.6 Å². The number of para-hydroxylation sites is 2. The van der Waals surface area contributed by atoms with E-state index >= 15 is 4.57 Å². The lowest BCUT2D eigenvalue weighted by Gasteiger charge is -2.42. The highest BCUT2D eigenvalue weighted by Crippen LogP contribution is 2.79. The molecular weight excluding hydrogens is 593 g/mol. The Kier molecular flexibility index (Phi) is 8.94. The molecule has 1 aliphatic heterocycles. The molecule has 4 aromatic carbocycles. The molecule has 9 nitrogen and oxygen atoms in total. The van der Waals surface area contributed by atoms with Gasteiger partial charge in [-0.3, -0.25) is 23.0 Å². The topological polar surface area (TPSA) is 94.6 Å². The van der Waals surface area contributed by atoms with Gasteiger partial charge < -0.3 is 18.1 Å². The first-order chi connectivity index (χ1) is 20.3. The summed E-state index contributed by atoms with van der Waals surface area (Å²) in [6.07, 6.45) is 0. The second-order valence-corrected chi connectivity index (χ2v) is 16.5. The number of hydrogen-bond acceptors (Lipinski definition) is 7. The van der Waals surface area contributed by atoms with E-state index in [0.29, 0.717) is 27.8 Å². The molecule has 0 spiro atoms. The number of nitrogens with zero attached hydrogens (tertiary/aromatic N) is 2. The molecule has 0 radical (unpaired) electrons. The van der Waals surface area contributed by atoms with E-state index in [1.165, 1.54) is 28.4 Å². The van der Waals surface area contributed by atoms with E-state index in [4.69, 9.17) is 18.1 Å². The van der Waals surface area contributed by atoms with Crippen molar-refractivity contribution in [2.24, 2.45) is 0 Å². The summed E-state index contributed by atoms with van der Waals surface area (Å²) < 4.78 is 70.9. The maximum Gasteiger partial charge on any atom is 0.357 e. The molecular formula is C30H33N2O7P3. The van der Waals surface area contributed by atoms with E-state index < -0.39 is 34.2 Å². The summed E-state index contributed by atoms with van der Waals surface area (Å²) in [7, 11) is -6.88. The fraction of sp³-hybridized carbons (Fsp3) is 0.200. The van der Waals surface area contributed by atoms with Crippen LogP contribution in [-0.2, 0) is 31.8 Å². The molecule has 0 fully saturated rings. The smallest absolute Gasteiger partial charge is 0.310 e. The fourth-order valence-corrected chi connectivity index (χ4v) is 13.0. The van der Waals surface area contributed by atoms with Crippen LogP contribution >= 0.6 is 22.6 Å². The van der Waals surface area contributed by atoms with Crippen LogP contribution in [0.3, 0.4) is 0 Å². The van der Waals surface area contributed by atoms with Gasteiger partial charge in [-0.25, -0.2) is 0 Å². The van der Waals surface area contributed by atoms with Crippen LogP contribution in [-0.4, -0.2) is 28.4 Å². The molecule has 2 unspecified atom stereocenters. The number of rotatable bonds is 11. The van der Waals surface area contributed by atoms with Gasteiger partial charge in [0.1, 0.15) is 0 Å². The normalized spacial score (nSPS) is 18.5. The highest BCUT2D eigenvalue weighted by atomic mass is 31.2. The highest BCUT2D eigenvalue weighted by Gasteiger charge is 2.60. The van der Waals surface area contributed by atoms with E-state index in [1.807, 2.05) is 42.5 Å². The second-order valence-electron chi connectivity index (χ2n) is 9.44. The predicted octanol–water partition coefficient (Wildman–Crippen LogP) is 8.20. The van der Waals surface area contributed by atoms with E-state index in [1.54, 1.807) is 82.1 Å². The first-order valence-corrected chi connectivity index (χ1v) is 18.0. The van der Waals surface area contributed by atoms with Crippen LogP contribution in [0.2, 0.25) is 0 Å². The summed E-state index contributed by atoms with van der Waals surface area (Å²) in [6.45, 7) is 0. The Hall–Kier alpha value is -2.99. The Morgan fingerprint density at radius 3 is 1.17 bits per heavy atom. The second kappa shape index (κ2) is 12.3. The number of hydrogen-bond donors (Lipinski definition) is 0. The fourth-order valence-electron chi connectivity index (χ4n) is 5.39. The number of fused-ring (bicyclic) bond motifs is 1. The summed E-state index contributed by atoms with van der Waals surface area (Å²) in [4.78, 5) is 0. The maximum atomic E-state index is 16.3. The SMILES string of the molecule is COP(=O)(OC)C(c1ccccc1)N1c2ccccc2N(C(c2ccccc2)P(=O)(OC)OC)P1(=O)c1ccccc1. The molecule has 1 heterocycles. The molecule has 42 heavy (non-hydrogen) atoms. The van der Waals surface area contributed by atoms with E-state index in [-0.39, 0.29) is 0 Å². The largest absolute Gasteiger partial charge is 0.357 e. The van der Waals surface area contributed by atoms with Gasteiger partial charge in [-0.15, -0.1) is 0 Å². The van der Waals surface area contributed by atoms with Crippen LogP contribution in [0.15, 0.2) is 115 Å². The van der Waals surface area contributed by atoms with Crippen molar-refractivity contribution in [1.29, 1.82) is 0 Å². The summed E-state index contributed by atoms with van der Waals surface area (Å²) >= 11 is 0. The molecule has 0 N–H and O–H groups in total. The lowest BCUT2D eigenvalue weighted by Crippen LogP contribution is -2.36. The lowest BCUT2D eigenvalue weighted by atomic mass is 10.2. The van der Waals surface area contributed by atoms with Gasteiger partial charge in [0.2, 0.25) is 0 Å². The van der Waals surface area contributed by atoms with Crippen molar-refractivity contribution in [3.8, 4) is 0 Å². The minimum atomic E-state index is -4.11. The quantitative estimate of drug-likeness (QED) is 0.153. The average molecular weight is 627 g/mol. The van der Waals surface area contributed by atoms with Gasteiger partial charge in [-0.2, -0.15) is 0 Å². The minimum Gasteiger partial charge on any atom is -0.310 e. The van der Waals surface area contributed by atoms with Gasteiger partial charge in [0.25, 0.3) is 7.44 Å². The van der Waals surface area contributed by atoms with Crippen molar-refractivity contribution in [1.82, 2.24) is 0 Å². The third kappa shape index (κ3) is 5.00. The molecule has 5 rings (SSSR count). The zero-order chi connectivity index (χ0) is 30.0. The summed E-state index contributed by atoms with van der Waals surface area (Å²) in [5, 5.41) is 0.417. The molecule has 0 aliphatic carbocycles. The standard InChI is InChI=1S/C30H33N2O7P3/c1-36-41(34,37-2)29(24-16-8-5-9-17-24)31-27-22-14-15-23-28(27)32(40(31,33)26-20-12-7-13-21-26)30(42(35,38-3)39-4)25-18-10-6-11-19-25/h5-23,29-30H,1-4H3. The summed E-state index contributed by atoms with van der Waals surface area (Å²) in [5.41, 5.74) is 2.12. The third-order valence-corrected chi connectivity index (χ3v) is 15.0. The molecule has 220 valence electrons. The van der Waals surface area contributed by atoms with Gasteiger partial charge in [0, 0.05) is 28.4 Å². The Bertz CT molecular complexity index is 1540. The third-order valence-electron chi connectivity index (χ3n) is 7.33. The Morgan fingerprint density at radius 2 is 0.833 bits per heavy atom. The molecule has 12 heteroatoms. The van der Waals surface area contributed by atoms with Crippen molar-refractivity contribution in [3.63, 3.8) is 0 Å². The minimum absolute atomic E-state index is 0.417. The lowest BCUT2D eigenvalue weighted by molar-refractivity contribution is 0.266. The zero-order valence-electron chi connectivity index (χ0n) is 23.7. The Balaban J connectivity index is 1.92. The molecule has 1 aliphatic rings. The van der Waals surface area contributed by atoms with Crippen molar-refractivity contribution in [3.05, 3.63) is 126 Å².